The van der Waals surface area contributed by atoms with Gasteiger partial charge in [0.2, 0.25) is 0 Å². The van der Waals surface area contributed by atoms with Gasteiger partial charge in [0.05, 0.1) is 11.3 Å². The Morgan fingerprint density at radius 3 is 2.84 bits per heavy atom. The van der Waals surface area contributed by atoms with E-state index in [0.717, 1.165) is 54.6 Å². The lowest BCUT2D eigenvalue weighted by molar-refractivity contribution is -0.0625. The average Bonchev–Trinajstić information content (AvgIpc) is 3.50. The van der Waals surface area contributed by atoms with Gasteiger partial charge in [-0.3, -0.25) is 24.8 Å². The Bertz CT molecular complexity index is 678. The maximum atomic E-state index is 11.5. The summed E-state index contributed by atoms with van der Waals surface area (Å²) < 4.78 is 0. The van der Waals surface area contributed by atoms with Crippen molar-refractivity contribution in [2.45, 2.75) is 38.3 Å². The van der Waals surface area contributed by atoms with Crippen LogP contribution in [0.25, 0.3) is 0 Å². The van der Waals surface area contributed by atoms with E-state index in [1.54, 1.807) is 11.7 Å². The van der Waals surface area contributed by atoms with Crippen LogP contribution in [-0.2, 0) is 13.0 Å². The number of hydroxylamine groups is 1. The van der Waals surface area contributed by atoms with Crippen LogP contribution in [0.3, 0.4) is 0 Å². The Morgan fingerprint density at radius 2 is 2.12 bits per heavy atom. The van der Waals surface area contributed by atoms with Gasteiger partial charge >= 0.3 is 0 Å². The first kappa shape index (κ1) is 15.7. The molecule has 2 atom stereocenters. The van der Waals surface area contributed by atoms with Crippen molar-refractivity contribution in [2.24, 2.45) is 17.8 Å². The molecule has 3 aliphatic heterocycles. The van der Waals surface area contributed by atoms with Crippen LogP contribution in [0.5, 0.6) is 0 Å². The minimum absolute atomic E-state index is 0.434. The lowest BCUT2D eigenvalue weighted by Gasteiger charge is -2.55. The normalized spacial score (nSPS) is 32.0. The third kappa shape index (κ3) is 2.86. The molecule has 1 aromatic heterocycles. The Balaban J connectivity index is 1.21. The Morgan fingerprint density at radius 1 is 1.32 bits per heavy atom. The van der Waals surface area contributed by atoms with E-state index >= 15 is 0 Å². The topological polar surface area (TPSA) is 68.7 Å². The molecule has 2 saturated carbocycles. The van der Waals surface area contributed by atoms with Crippen LogP contribution in [0.15, 0.2) is 12.3 Å². The number of hydrogen-bond donors (Lipinski definition) is 2. The molecule has 6 rings (SSSR count). The number of pyridine rings is 1. The van der Waals surface area contributed by atoms with Gasteiger partial charge in [-0.1, -0.05) is 0 Å². The number of nitrogens with zero attached hydrogens (tertiary/aromatic N) is 3. The summed E-state index contributed by atoms with van der Waals surface area (Å²) in [5.74, 6) is 2.20. The second-order valence-electron chi connectivity index (χ2n) is 8.36. The largest absolute Gasteiger partial charge is 0.300 e. The van der Waals surface area contributed by atoms with Gasteiger partial charge in [0.25, 0.3) is 5.91 Å². The molecule has 2 aliphatic carbocycles. The van der Waals surface area contributed by atoms with Crippen molar-refractivity contribution in [3.8, 4) is 0 Å². The van der Waals surface area contributed by atoms with Gasteiger partial charge in [-0.05, 0) is 55.1 Å². The number of aromatic nitrogens is 1. The first-order valence-corrected chi connectivity index (χ1v) is 9.60. The third-order valence-electron chi connectivity index (χ3n) is 6.78. The van der Waals surface area contributed by atoms with Crippen molar-refractivity contribution in [3.63, 3.8) is 0 Å². The van der Waals surface area contributed by atoms with Gasteiger partial charge in [0.15, 0.2) is 0 Å². The van der Waals surface area contributed by atoms with E-state index in [1.807, 2.05) is 6.07 Å². The molecule has 134 valence electrons. The van der Waals surface area contributed by atoms with Crippen LogP contribution in [0.1, 0.15) is 40.9 Å². The van der Waals surface area contributed by atoms with Gasteiger partial charge < -0.3 is 0 Å². The van der Waals surface area contributed by atoms with Gasteiger partial charge in [0.1, 0.15) is 0 Å². The van der Waals surface area contributed by atoms with Gasteiger partial charge in [-0.25, -0.2) is 5.48 Å². The molecule has 4 heterocycles. The summed E-state index contributed by atoms with van der Waals surface area (Å²) in [5.41, 5.74) is 4.35. The Kier molecular flexibility index (Phi) is 3.80. The number of fused-ring (bicyclic) bond motifs is 3. The summed E-state index contributed by atoms with van der Waals surface area (Å²) in [6, 6.07) is 2.79. The highest BCUT2D eigenvalue weighted by Gasteiger charge is 2.49. The van der Waals surface area contributed by atoms with E-state index < -0.39 is 5.91 Å². The van der Waals surface area contributed by atoms with Gasteiger partial charge in [0, 0.05) is 45.0 Å². The average molecular weight is 342 g/mol. The van der Waals surface area contributed by atoms with Crippen molar-refractivity contribution in [1.82, 2.24) is 20.3 Å². The number of piperidine rings is 2. The summed E-state index contributed by atoms with van der Waals surface area (Å²) >= 11 is 0. The predicted octanol–water partition coefficient (Wildman–Crippen LogP) is 1.29. The van der Waals surface area contributed by atoms with Gasteiger partial charge in [-0.15, -0.1) is 0 Å². The standard InChI is InChI=1S/C19H26N4O2/c24-19(21-25)13-5-12-3-4-22(11-18(12)20-7-13)10-17-14-6-15(17)9-23(8-14)16-1-2-16/h5,7,14-17,25H,1-4,6,8-11H2,(H,21,24). The van der Waals surface area contributed by atoms with Crippen molar-refractivity contribution < 1.29 is 10.0 Å². The molecular weight excluding hydrogens is 316 g/mol. The van der Waals surface area contributed by atoms with E-state index in [9.17, 15) is 4.79 Å². The van der Waals surface area contributed by atoms with Crippen molar-refractivity contribution in [1.29, 1.82) is 0 Å². The molecular formula is C19H26N4O2. The fourth-order valence-electron chi connectivity index (χ4n) is 5.17. The Hall–Kier alpha value is -1.50. The lowest BCUT2D eigenvalue weighted by atomic mass is 9.61. The highest BCUT2D eigenvalue weighted by molar-refractivity contribution is 5.93. The summed E-state index contributed by atoms with van der Waals surface area (Å²) in [4.78, 5) is 21.3. The first-order chi connectivity index (χ1) is 12.2. The summed E-state index contributed by atoms with van der Waals surface area (Å²) in [7, 11) is 0. The third-order valence-corrected chi connectivity index (χ3v) is 6.78. The van der Waals surface area contributed by atoms with E-state index in [0.29, 0.717) is 5.56 Å². The molecule has 2 unspecified atom stereocenters. The van der Waals surface area contributed by atoms with Crippen LogP contribution < -0.4 is 5.48 Å². The van der Waals surface area contributed by atoms with Crippen LogP contribution in [-0.4, -0.2) is 58.1 Å². The molecule has 6 nitrogen and oxygen atoms in total. The van der Waals surface area contributed by atoms with Crippen molar-refractivity contribution in [2.75, 3.05) is 26.2 Å². The van der Waals surface area contributed by atoms with Gasteiger partial charge in [-0.2, -0.15) is 0 Å². The molecule has 6 heteroatoms. The first-order valence-electron chi connectivity index (χ1n) is 9.60. The van der Waals surface area contributed by atoms with E-state index in [1.165, 1.54) is 38.9 Å². The second-order valence-corrected chi connectivity index (χ2v) is 8.36. The zero-order valence-electron chi connectivity index (χ0n) is 14.5. The maximum absolute atomic E-state index is 11.5. The number of carbonyl (C=O) groups excluding carboxylic acids is 1. The maximum Gasteiger partial charge on any atom is 0.276 e. The number of rotatable bonds is 4. The SMILES string of the molecule is O=C(NO)c1cnc2c(c1)CCN(CC1C3CC1CN(C1CC1)C3)C2. The van der Waals surface area contributed by atoms with E-state index in [2.05, 4.69) is 14.8 Å². The Labute approximate surface area is 148 Å². The predicted molar refractivity (Wildman–Crippen MR) is 92.2 cm³/mol. The van der Waals surface area contributed by atoms with E-state index in [-0.39, 0.29) is 0 Å². The molecule has 1 aromatic rings. The fourth-order valence-corrected chi connectivity index (χ4v) is 5.17. The molecule has 5 aliphatic rings. The zero-order valence-corrected chi connectivity index (χ0v) is 14.5. The molecule has 4 fully saturated rings. The number of nitrogens with one attached hydrogen (secondary N) is 1. The quantitative estimate of drug-likeness (QED) is 0.637. The molecule has 0 spiro atoms. The molecule has 1 amide bonds. The highest BCUT2D eigenvalue weighted by atomic mass is 16.5. The minimum Gasteiger partial charge on any atom is -0.300 e. The molecule has 25 heavy (non-hydrogen) atoms. The number of hydrogen-bond acceptors (Lipinski definition) is 5. The summed E-state index contributed by atoms with van der Waals surface area (Å²) in [5, 5.41) is 8.76. The monoisotopic (exact) mass is 342 g/mol. The van der Waals surface area contributed by atoms with Crippen LogP contribution in [0.4, 0.5) is 0 Å². The summed E-state index contributed by atoms with van der Waals surface area (Å²) in [6.45, 7) is 5.79. The highest BCUT2D eigenvalue weighted by Crippen LogP contribution is 2.48. The number of carbonyl (C=O) groups is 1. The van der Waals surface area contributed by atoms with Crippen LogP contribution in [0, 0.1) is 17.8 Å². The molecule has 2 N–H and O–H groups in total. The second kappa shape index (κ2) is 6.04. The smallest absolute Gasteiger partial charge is 0.276 e. The number of amides is 1. The lowest BCUT2D eigenvalue weighted by Crippen LogP contribution is -2.58. The molecule has 2 bridgehead atoms. The molecule has 2 saturated heterocycles. The van der Waals surface area contributed by atoms with E-state index in [4.69, 9.17) is 5.21 Å². The molecule has 0 radical (unpaired) electrons. The molecule has 0 aromatic carbocycles. The minimum atomic E-state index is -0.486. The van der Waals surface area contributed by atoms with Crippen molar-refractivity contribution >= 4 is 5.91 Å². The summed E-state index contributed by atoms with van der Waals surface area (Å²) in [6.07, 6.45) is 6.80. The zero-order chi connectivity index (χ0) is 17.0. The van der Waals surface area contributed by atoms with Crippen molar-refractivity contribution in [3.05, 3.63) is 29.1 Å². The van der Waals surface area contributed by atoms with Crippen LogP contribution >= 0.6 is 0 Å². The van der Waals surface area contributed by atoms with Crippen LogP contribution in [0.2, 0.25) is 0 Å². The fraction of sp³-hybridized carbons (Fsp3) is 0.684.